The lowest BCUT2D eigenvalue weighted by Gasteiger charge is -2.17. The van der Waals surface area contributed by atoms with Gasteiger partial charge in [0, 0.05) is 46.4 Å². The average molecular weight is 399 g/mol. The molecule has 0 atom stereocenters. The molecule has 0 saturated heterocycles. The molecule has 4 heteroatoms. The molecule has 0 aliphatic heterocycles. The summed E-state index contributed by atoms with van der Waals surface area (Å²) in [5.74, 6) is 0. The Hall–Kier alpha value is -2.62. The van der Waals surface area contributed by atoms with E-state index in [2.05, 4.69) is 46.6 Å². The van der Waals surface area contributed by atoms with E-state index in [1.807, 2.05) is 12.4 Å². The van der Waals surface area contributed by atoms with Crippen LogP contribution in [-0.2, 0) is 0 Å². The van der Waals surface area contributed by atoms with Gasteiger partial charge in [0.2, 0.25) is 0 Å². The van der Waals surface area contributed by atoms with E-state index in [1.54, 1.807) is 0 Å². The fourth-order valence-corrected chi connectivity index (χ4v) is 4.92. The first kappa shape index (κ1) is 19.3. The standard InChI is InChI=1S/C26H30N4/c1-3-11-21(12-4-1)27-17-19-9-7-15-23-24-16-8-10-20(26(24)30-29-25(19)23)18-28-22-13-5-2-6-14-22/h7-10,15-18,21-22H,1-6,11-14H2/b27-17+,28-18+. The van der Waals surface area contributed by atoms with Crippen molar-refractivity contribution in [3.63, 3.8) is 0 Å². The molecular weight excluding hydrogens is 368 g/mol. The minimum Gasteiger partial charge on any atom is -0.289 e. The van der Waals surface area contributed by atoms with Gasteiger partial charge in [-0.1, -0.05) is 74.9 Å². The number of aliphatic imine (C=N–C) groups is 2. The van der Waals surface area contributed by atoms with Crippen molar-refractivity contribution >= 4 is 34.2 Å². The van der Waals surface area contributed by atoms with Gasteiger partial charge >= 0.3 is 0 Å². The Morgan fingerprint density at radius 3 is 1.47 bits per heavy atom. The smallest absolute Gasteiger partial charge is 0.102 e. The van der Waals surface area contributed by atoms with Crippen molar-refractivity contribution in [3.8, 4) is 0 Å². The first-order chi connectivity index (χ1) is 14.9. The molecule has 2 aromatic carbocycles. The molecule has 0 spiro atoms. The van der Waals surface area contributed by atoms with Crippen LogP contribution in [0, 0.1) is 0 Å². The summed E-state index contributed by atoms with van der Waals surface area (Å²) in [4.78, 5) is 9.74. The zero-order valence-electron chi connectivity index (χ0n) is 17.6. The summed E-state index contributed by atoms with van der Waals surface area (Å²) in [6.45, 7) is 0. The number of rotatable bonds is 4. The molecular formula is C26H30N4. The van der Waals surface area contributed by atoms with Gasteiger partial charge in [-0.2, -0.15) is 0 Å². The maximum atomic E-state index is 4.87. The van der Waals surface area contributed by atoms with Crippen LogP contribution in [-0.4, -0.2) is 34.7 Å². The van der Waals surface area contributed by atoms with Crippen LogP contribution in [0.2, 0.25) is 0 Å². The first-order valence-electron chi connectivity index (χ1n) is 11.6. The van der Waals surface area contributed by atoms with Crippen LogP contribution < -0.4 is 0 Å². The van der Waals surface area contributed by atoms with Gasteiger partial charge in [-0.05, 0) is 25.7 Å². The zero-order valence-corrected chi connectivity index (χ0v) is 17.6. The summed E-state index contributed by atoms with van der Waals surface area (Å²) in [7, 11) is 0. The Morgan fingerprint density at radius 1 is 0.600 bits per heavy atom. The van der Waals surface area contributed by atoms with E-state index >= 15 is 0 Å². The van der Waals surface area contributed by atoms with E-state index in [4.69, 9.17) is 9.98 Å². The van der Waals surface area contributed by atoms with Crippen molar-refractivity contribution in [2.75, 3.05) is 0 Å². The van der Waals surface area contributed by atoms with Crippen LogP contribution in [0.5, 0.6) is 0 Å². The Bertz CT molecular complexity index is 986. The molecule has 2 saturated carbocycles. The molecule has 3 aromatic rings. The monoisotopic (exact) mass is 398 g/mol. The van der Waals surface area contributed by atoms with E-state index in [-0.39, 0.29) is 0 Å². The largest absolute Gasteiger partial charge is 0.289 e. The molecule has 0 bridgehead atoms. The highest BCUT2D eigenvalue weighted by atomic mass is 15.1. The Balaban J connectivity index is 1.49. The van der Waals surface area contributed by atoms with Gasteiger partial charge in [0.1, 0.15) is 11.0 Å². The third kappa shape index (κ3) is 4.14. The fourth-order valence-electron chi connectivity index (χ4n) is 4.92. The van der Waals surface area contributed by atoms with E-state index in [1.165, 1.54) is 64.2 Å². The highest BCUT2D eigenvalue weighted by Gasteiger charge is 2.13. The van der Waals surface area contributed by atoms with Gasteiger partial charge < -0.3 is 0 Å². The van der Waals surface area contributed by atoms with Gasteiger partial charge in [-0.3, -0.25) is 9.98 Å². The lowest BCUT2D eigenvalue weighted by atomic mass is 9.96. The Kier molecular flexibility index (Phi) is 5.82. The van der Waals surface area contributed by atoms with Crippen LogP contribution >= 0.6 is 0 Å². The molecule has 0 radical (unpaired) electrons. The van der Waals surface area contributed by atoms with Crippen molar-refractivity contribution in [1.82, 2.24) is 10.2 Å². The lowest BCUT2D eigenvalue weighted by molar-refractivity contribution is 0.444. The highest BCUT2D eigenvalue weighted by Crippen LogP contribution is 2.27. The molecule has 0 amide bonds. The van der Waals surface area contributed by atoms with E-state index in [0.29, 0.717) is 12.1 Å². The zero-order chi connectivity index (χ0) is 20.2. The highest BCUT2D eigenvalue weighted by molar-refractivity contribution is 6.12. The molecule has 0 N–H and O–H groups in total. The molecule has 154 valence electrons. The molecule has 5 rings (SSSR count). The van der Waals surface area contributed by atoms with E-state index in [0.717, 1.165) is 32.9 Å². The molecule has 30 heavy (non-hydrogen) atoms. The molecule has 4 nitrogen and oxygen atoms in total. The summed E-state index contributed by atoms with van der Waals surface area (Å²) in [6.07, 6.45) is 16.8. The number of hydrogen-bond donors (Lipinski definition) is 0. The van der Waals surface area contributed by atoms with E-state index < -0.39 is 0 Å². The van der Waals surface area contributed by atoms with Crippen LogP contribution in [0.15, 0.2) is 46.4 Å². The second kappa shape index (κ2) is 9.03. The minimum atomic E-state index is 0.463. The molecule has 1 aromatic heterocycles. The van der Waals surface area contributed by atoms with Crippen molar-refractivity contribution < 1.29 is 0 Å². The lowest BCUT2D eigenvalue weighted by Crippen LogP contribution is -2.10. The van der Waals surface area contributed by atoms with Gasteiger partial charge in [-0.15, -0.1) is 10.2 Å². The van der Waals surface area contributed by atoms with Crippen LogP contribution in [0.25, 0.3) is 21.8 Å². The van der Waals surface area contributed by atoms with Crippen LogP contribution in [0.3, 0.4) is 0 Å². The van der Waals surface area contributed by atoms with E-state index in [9.17, 15) is 0 Å². The van der Waals surface area contributed by atoms with Crippen LogP contribution in [0.4, 0.5) is 0 Å². The number of hydrogen-bond acceptors (Lipinski definition) is 4. The summed E-state index contributed by atoms with van der Waals surface area (Å²) < 4.78 is 0. The number of nitrogens with zero attached hydrogens (tertiary/aromatic N) is 4. The predicted molar refractivity (Wildman–Crippen MR) is 126 cm³/mol. The number of fused-ring (bicyclic) bond motifs is 3. The minimum absolute atomic E-state index is 0.463. The molecule has 2 fully saturated rings. The van der Waals surface area contributed by atoms with Gasteiger partial charge in [0.15, 0.2) is 0 Å². The van der Waals surface area contributed by atoms with Crippen LogP contribution in [0.1, 0.15) is 75.3 Å². The Morgan fingerprint density at radius 2 is 1.03 bits per heavy atom. The number of benzene rings is 2. The van der Waals surface area contributed by atoms with Crippen molar-refractivity contribution in [1.29, 1.82) is 0 Å². The summed E-state index contributed by atoms with van der Waals surface area (Å²) in [5, 5.41) is 11.5. The quantitative estimate of drug-likeness (QED) is 0.383. The summed E-state index contributed by atoms with van der Waals surface area (Å²) in [5.41, 5.74) is 4.00. The van der Waals surface area contributed by atoms with Crippen molar-refractivity contribution in [2.45, 2.75) is 76.3 Å². The van der Waals surface area contributed by atoms with Gasteiger partial charge in [0.25, 0.3) is 0 Å². The topological polar surface area (TPSA) is 50.5 Å². The van der Waals surface area contributed by atoms with Gasteiger partial charge in [0.05, 0.1) is 0 Å². The van der Waals surface area contributed by atoms with Crippen molar-refractivity contribution in [2.24, 2.45) is 9.98 Å². The van der Waals surface area contributed by atoms with Gasteiger partial charge in [-0.25, -0.2) is 0 Å². The SMILES string of the molecule is C(=N\C1CCCCC1)/c1cccc2c1nnc1c(/C=N/C3CCCCC3)cccc12. The molecule has 2 aliphatic rings. The van der Waals surface area contributed by atoms with Crippen molar-refractivity contribution in [3.05, 3.63) is 47.5 Å². The second-order valence-electron chi connectivity index (χ2n) is 8.83. The average Bonchev–Trinajstić information content (AvgIpc) is 2.82. The summed E-state index contributed by atoms with van der Waals surface area (Å²) >= 11 is 0. The molecule has 1 heterocycles. The normalized spacial score (nSPS) is 19.5. The third-order valence-corrected chi connectivity index (χ3v) is 6.67. The third-order valence-electron chi connectivity index (χ3n) is 6.67. The fraction of sp³-hybridized carbons (Fsp3) is 0.462. The number of aromatic nitrogens is 2. The maximum Gasteiger partial charge on any atom is 0.102 e. The summed E-state index contributed by atoms with van der Waals surface area (Å²) in [6, 6.07) is 13.6. The molecule has 0 unspecified atom stereocenters. The second-order valence-corrected chi connectivity index (χ2v) is 8.83. The maximum absolute atomic E-state index is 4.87. The first-order valence-corrected chi connectivity index (χ1v) is 11.6. The molecule has 2 aliphatic carbocycles. The predicted octanol–water partition coefficient (Wildman–Crippen LogP) is 6.29. The Labute approximate surface area is 178 Å².